The Morgan fingerprint density at radius 2 is 1.90 bits per heavy atom. The molecule has 3 rings (SSSR count). The topological polar surface area (TPSA) is 88.0 Å². The van der Waals surface area contributed by atoms with Crippen molar-refractivity contribution in [2.45, 2.75) is 38.1 Å². The van der Waals surface area contributed by atoms with Gasteiger partial charge < -0.3 is 10.4 Å². The number of nitrogens with one attached hydrogen (secondary N) is 1. The van der Waals surface area contributed by atoms with E-state index in [1.165, 1.54) is 0 Å². The van der Waals surface area contributed by atoms with Crippen molar-refractivity contribution < 1.29 is 9.90 Å². The van der Waals surface area contributed by atoms with Gasteiger partial charge in [-0.1, -0.05) is 19.1 Å². The number of carboxylic acids is 1. The van der Waals surface area contributed by atoms with Crippen molar-refractivity contribution >= 4 is 23.0 Å². The van der Waals surface area contributed by atoms with Crippen LogP contribution in [0.3, 0.4) is 0 Å². The minimum Gasteiger partial charge on any atom is -0.480 e. The Labute approximate surface area is 122 Å². The second-order valence-electron chi connectivity index (χ2n) is 5.82. The van der Waals surface area contributed by atoms with E-state index in [1.807, 2.05) is 24.3 Å². The molecule has 2 N–H and O–H groups in total. The number of nitrogens with zero attached hydrogens (tertiary/aromatic N) is 3. The molecule has 0 spiro atoms. The summed E-state index contributed by atoms with van der Waals surface area (Å²) >= 11 is 0. The third kappa shape index (κ3) is 2.66. The number of fused-ring (bicyclic) bond motifs is 1. The molecule has 1 saturated carbocycles. The molecule has 6 heteroatoms. The minimum atomic E-state index is -0.976. The summed E-state index contributed by atoms with van der Waals surface area (Å²) in [5.41, 5.74) is 0.431. The summed E-state index contributed by atoms with van der Waals surface area (Å²) in [5, 5.41) is 20.7. The van der Waals surface area contributed by atoms with Gasteiger partial charge in [0.25, 0.3) is 0 Å². The molecule has 0 radical (unpaired) electrons. The fourth-order valence-corrected chi connectivity index (χ4v) is 2.80. The van der Waals surface area contributed by atoms with E-state index in [0.29, 0.717) is 29.8 Å². The quantitative estimate of drug-likeness (QED) is 0.901. The highest BCUT2D eigenvalue weighted by Crippen LogP contribution is 2.34. The molecule has 1 aliphatic carbocycles. The molecule has 2 aromatic rings. The van der Waals surface area contributed by atoms with E-state index in [9.17, 15) is 9.90 Å². The molecular formula is C15H18N4O2. The first-order valence-electron chi connectivity index (χ1n) is 7.20. The Kier molecular flexibility index (Phi) is 3.45. The van der Waals surface area contributed by atoms with Gasteiger partial charge in [-0.2, -0.15) is 0 Å². The van der Waals surface area contributed by atoms with Gasteiger partial charge in [0.05, 0.1) is 5.52 Å². The van der Waals surface area contributed by atoms with Crippen LogP contribution >= 0.6 is 0 Å². The van der Waals surface area contributed by atoms with Gasteiger partial charge in [0.1, 0.15) is 11.1 Å². The molecule has 1 aromatic carbocycles. The second kappa shape index (κ2) is 5.27. The summed E-state index contributed by atoms with van der Waals surface area (Å²) in [6.07, 6.45) is 2.94. The van der Waals surface area contributed by atoms with E-state index in [0.717, 1.165) is 12.8 Å². The average Bonchev–Trinajstić information content (AvgIpc) is 2.49. The lowest BCUT2D eigenvalue weighted by molar-refractivity contribution is -0.143. The van der Waals surface area contributed by atoms with Crippen LogP contribution in [0.25, 0.3) is 11.0 Å². The predicted molar refractivity (Wildman–Crippen MR) is 79.0 cm³/mol. The number of para-hydroxylation sites is 1. The highest BCUT2D eigenvalue weighted by Gasteiger charge is 2.41. The molecule has 1 aliphatic rings. The van der Waals surface area contributed by atoms with Crippen LogP contribution in [0.2, 0.25) is 0 Å². The van der Waals surface area contributed by atoms with Crippen molar-refractivity contribution in [3.8, 4) is 0 Å². The molecule has 0 amide bonds. The minimum absolute atomic E-state index is 0.283. The molecule has 1 heterocycles. The standard InChI is InChI=1S/C15H18N4O2/c1-10-6-8-15(9-7-10,13(20)21)17-14-16-11-4-2-3-5-12(11)18-19-14/h2-5,10H,6-9H2,1H3,(H,20,21)(H,16,17,19). The van der Waals surface area contributed by atoms with E-state index < -0.39 is 11.5 Å². The predicted octanol–water partition coefficient (Wildman–Crippen LogP) is 2.47. The lowest BCUT2D eigenvalue weighted by Gasteiger charge is -2.36. The first-order valence-corrected chi connectivity index (χ1v) is 7.20. The van der Waals surface area contributed by atoms with Crippen LogP contribution in [0, 0.1) is 5.92 Å². The smallest absolute Gasteiger partial charge is 0.329 e. The maximum atomic E-state index is 11.7. The first-order chi connectivity index (χ1) is 10.1. The number of benzene rings is 1. The van der Waals surface area contributed by atoms with Crippen LogP contribution in [-0.4, -0.2) is 31.8 Å². The lowest BCUT2D eigenvalue weighted by Crippen LogP contribution is -2.49. The summed E-state index contributed by atoms with van der Waals surface area (Å²) in [6, 6.07) is 7.41. The first kappa shape index (κ1) is 13.7. The van der Waals surface area contributed by atoms with Crippen LogP contribution in [0.1, 0.15) is 32.6 Å². The average molecular weight is 286 g/mol. The van der Waals surface area contributed by atoms with Crippen LogP contribution in [0.4, 0.5) is 5.95 Å². The summed E-state index contributed by atoms with van der Waals surface area (Å²) in [7, 11) is 0. The fourth-order valence-electron chi connectivity index (χ4n) is 2.80. The summed E-state index contributed by atoms with van der Waals surface area (Å²) < 4.78 is 0. The Morgan fingerprint density at radius 3 is 2.57 bits per heavy atom. The molecule has 1 fully saturated rings. The molecule has 0 aliphatic heterocycles. The highest BCUT2D eigenvalue weighted by atomic mass is 16.4. The summed E-state index contributed by atoms with van der Waals surface area (Å²) in [6.45, 7) is 2.15. The third-order valence-corrected chi connectivity index (χ3v) is 4.25. The Bertz CT molecular complexity index is 666. The number of rotatable bonds is 3. The van der Waals surface area contributed by atoms with Crippen LogP contribution in [0.15, 0.2) is 24.3 Å². The number of carboxylic acid groups (broad SMARTS) is 1. The number of aromatic nitrogens is 3. The van der Waals surface area contributed by atoms with Gasteiger partial charge in [-0.3, -0.25) is 0 Å². The normalized spacial score (nSPS) is 25.7. The zero-order chi connectivity index (χ0) is 14.9. The van der Waals surface area contributed by atoms with E-state index in [1.54, 1.807) is 0 Å². The lowest BCUT2D eigenvalue weighted by atomic mass is 9.77. The Morgan fingerprint density at radius 1 is 1.24 bits per heavy atom. The summed E-state index contributed by atoms with van der Waals surface area (Å²) in [4.78, 5) is 16.1. The maximum absolute atomic E-state index is 11.7. The number of hydrogen-bond acceptors (Lipinski definition) is 5. The fraction of sp³-hybridized carbons (Fsp3) is 0.467. The molecule has 0 unspecified atom stereocenters. The molecule has 0 saturated heterocycles. The van der Waals surface area contributed by atoms with Crippen LogP contribution < -0.4 is 5.32 Å². The Balaban J connectivity index is 1.89. The largest absolute Gasteiger partial charge is 0.480 e. The van der Waals surface area contributed by atoms with Crippen LogP contribution in [0.5, 0.6) is 0 Å². The van der Waals surface area contributed by atoms with Gasteiger partial charge in [0, 0.05) is 0 Å². The van der Waals surface area contributed by atoms with Gasteiger partial charge in [0.15, 0.2) is 0 Å². The van der Waals surface area contributed by atoms with Crippen molar-refractivity contribution in [2.75, 3.05) is 5.32 Å². The summed E-state index contributed by atoms with van der Waals surface area (Å²) in [5.74, 6) is 0.00623. The van der Waals surface area contributed by atoms with Gasteiger partial charge in [0.2, 0.25) is 5.95 Å². The van der Waals surface area contributed by atoms with Gasteiger partial charge in [-0.25, -0.2) is 9.78 Å². The van der Waals surface area contributed by atoms with Crippen molar-refractivity contribution in [3.05, 3.63) is 24.3 Å². The van der Waals surface area contributed by atoms with E-state index >= 15 is 0 Å². The van der Waals surface area contributed by atoms with Gasteiger partial charge >= 0.3 is 5.97 Å². The van der Waals surface area contributed by atoms with E-state index in [4.69, 9.17) is 0 Å². The zero-order valence-corrected chi connectivity index (χ0v) is 11.9. The SMILES string of the molecule is CC1CCC(Nc2nnc3ccccc3n2)(C(=O)O)CC1. The van der Waals surface area contributed by atoms with Crippen molar-refractivity contribution in [3.63, 3.8) is 0 Å². The van der Waals surface area contributed by atoms with E-state index in [-0.39, 0.29) is 5.95 Å². The Hall–Kier alpha value is -2.24. The molecule has 110 valence electrons. The van der Waals surface area contributed by atoms with Crippen molar-refractivity contribution in [2.24, 2.45) is 5.92 Å². The van der Waals surface area contributed by atoms with Crippen molar-refractivity contribution in [1.82, 2.24) is 15.2 Å². The number of hydrogen-bond donors (Lipinski definition) is 2. The highest BCUT2D eigenvalue weighted by molar-refractivity contribution is 5.82. The second-order valence-corrected chi connectivity index (χ2v) is 5.82. The van der Waals surface area contributed by atoms with E-state index in [2.05, 4.69) is 27.4 Å². The number of carbonyl (C=O) groups is 1. The molecule has 1 aromatic heterocycles. The number of aliphatic carboxylic acids is 1. The number of anilines is 1. The molecule has 6 nitrogen and oxygen atoms in total. The molecule has 0 bridgehead atoms. The van der Waals surface area contributed by atoms with Gasteiger partial charge in [-0.05, 0) is 43.7 Å². The van der Waals surface area contributed by atoms with Gasteiger partial charge in [-0.15, -0.1) is 10.2 Å². The third-order valence-electron chi connectivity index (χ3n) is 4.25. The van der Waals surface area contributed by atoms with Crippen LogP contribution in [-0.2, 0) is 4.79 Å². The molecule has 21 heavy (non-hydrogen) atoms. The maximum Gasteiger partial charge on any atom is 0.329 e. The zero-order valence-electron chi connectivity index (χ0n) is 11.9. The van der Waals surface area contributed by atoms with Crippen molar-refractivity contribution in [1.29, 1.82) is 0 Å². The molecule has 0 atom stereocenters. The molecular weight excluding hydrogens is 268 g/mol. The monoisotopic (exact) mass is 286 g/mol.